The average molecular weight is 223 g/mol. The zero-order chi connectivity index (χ0) is 12.1. The molecule has 2 heteroatoms. The third-order valence-electron chi connectivity index (χ3n) is 3.02. The minimum atomic E-state index is -0.0968. The lowest BCUT2D eigenvalue weighted by Gasteiger charge is -2.18. The Kier molecular flexibility index (Phi) is 4.94. The summed E-state index contributed by atoms with van der Waals surface area (Å²) in [4.78, 5) is 0. The van der Waals surface area contributed by atoms with Crippen LogP contribution in [-0.2, 0) is 0 Å². The molecule has 0 aromatic heterocycles. The van der Waals surface area contributed by atoms with Gasteiger partial charge in [-0.15, -0.1) is 0 Å². The molecule has 0 aliphatic rings. The molecule has 0 spiro atoms. The van der Waals surface area contributed by atoms with Gasteiger partial charge in [0.05, 0.1) is 0 Å². The fraction of sp³-hybridized carbons (Fsp3) is 0.571. The Morgan fingerprint density at radius 2 is 2.00 bits per heavy atom. The molecular weight excluding hydrogens is 201 g/mol. The molecule has 2 unspecified atom stereocenters. The van der Waals surface area contributed by atoms with Crippen LogP contribution in [0, 0.1) is 12.7 Å². The number of rotatable bonds is 5. The molecule has 0 saturated heterocycles. The summed E-state index contributed by atoms with van der Waals surface area (Å²) < 4.78 is 13.4. The van der Waals surface area contributed by atoms with E-state index in [4.69, 9.17) is 0 Å². The lowest BCUT2D eigenvalue weighted by atomic mass is 9.93. The maximum atomic E-state index is 13.4. The number of halogens is 1. The highest BCUT2D eigenvalue weighted by Crippen LogP contribution is 2.22. The zero-order valence-electron chi connectivity index (χ0n) is 10.7. The van der Waals surface area contributed by atoms with Crippen molar-refractivity contribution >= 4 is 0 Å². The van der Waals surface area contributed by atoms with Crippen molar-refractivity contribution in [1.29, 1.82) is 0 Å². The van der Waals surface area contributed by atoms with Gasteiger partial charge in [0.25, 0.3) is 0 Å². The van der Waals surface area contributed by atoms with Crippen LogP contribution in [0.1, 0.15) is 44.2 Å². The number of hydrogen-bond acceptors (Lipinski definition) is 1. The van der Waals surface area contributed by atoms with Crippen LogP contribution in [0.2, 0.25) is 0 Å². The Labute approximate surface area is 98.1 Å². The summed E-state index contributed by atoms with van der Waals surface area (Å²) in [5.74, 6) is 0.296. The molecule has 0 bridgehead atoms. The van der Waals surface area contributed by atoms with Crippen molar-refractivity contribution < 1.29 is 4.39 Å². The Bertz CT molecular complexity index is 336. The molecule has 1 nitrogen and oxygen atoms in total. The van der Waals surface area contributed by atoms with Crippen LogP contribution < -0.4 is 5.32 Å². The molecule has 1 N–H and O–H groups in total. The standard InChI is InChI=1S/C14H22FN/c1-5-16-12(4)8-11(3)13-7-6-10(2)14(15)9-13/h6-7,9,11-12,16H,5,8H2,1-4H3. The smallest absolute Gasteiger partial charge is 0.126 e. The van der Waals surface area contributed by atoms with Crippen LogP contribution in [0.5, 0.6) is 0 Å². The van der Waals surface area contributed by atoms with Gasteiger partial charge in [0, 0.05) is 6.04 Å². The molecule has 0 fully saturated rings. The lowest BCUT2D eigenvalue weighted by Crippen LogP contribution is -2.26. The first-order valence-corrected chi connectivity index (χ1v) is 6.04. The summed E-state index contributed by atoms with van der Waals surface area (Å²) in [5.41, 5.74) is 1.81. The molecule has 1 aromatic rings. The quantitative estimate of drug-likeness (QED) is 0.804. The van der Waals surface area contributed by atoms with Crippen LogP contribution in [0.15, 0.2) is 18.2 Å². The van der Waals surface area contributed by atoms with Crippen LogP contribution in [0.25, 0.3) is 0 Å². The van der Waals surface area contributed by atoms with Crippen molar-refractivity contribution in [1.82, 2.24) is 5.32 Å². The van der Waals surface area contributed by atoms with E-state index in [1.807, 2.05) is 12.1 Å². The minimum absolute atomic E-state index is 0.0968. The van der Waals surface area contributed by atoms with Crippen LogP contribution in [0.4, 0.5) is 4.39 Å². The van der Waals surface area contributed by atoms with Crippen molar-refractivity contribution in [2.45, 2.75) is 46.1 Å². The summed E-state index contributed by atoms with van der Waals surface area (Å²) in [7, 11) is 0. The van der Waals surface area contributed by atoms with E-state index in [-0.39, 0.29) is 5.82 Å². The van der Waals surface area contributed by atoms with Crippen molar-refractivity contribution in [2.75, 3.05) is 6.54 Å². The molecule has 1 rings (SSSR count). The van der Waals surface area contributed by atoms with E-state index in [0.717, 1.165) is 24.1 Å². The van der Waals surface area contributed by atoms with Gasteiger partial charge in [-0.3, -0.25) is 0 Å². The monoisotopic (exact) mass is 223 g/mol. The highest BCUT2D eigenvalue weighted by atomic mass is 19.1. The molecule has 2 atom stereocenters. The minimum Gasteiger partial charge on any atom is -0.315 e. The Morgan fingerprint density at radius 1 is 1.31 bits per heavy atom. The molecule has 90 valence electrons. The van der Waals surface area contributed by atoms with Crippen molar-refractivity contribution in [3.05, 3.63) is 35.1 Å². The van der Waals surface area contributed by atoms with Crippen LogP contribution in [0.3, 0.4) is 0 Å². The Balaban J connectivity index is 2.65. The Hall–Kier alpha value is -0.890. The van der Waals surface area contributed by atoms with E-state index in [2.05, 4.69) is 26.1 Å². The summed E-state index contributed by atoms with van der Waals surface area (Å²) in [6.45, 7) is 9.20. The number of benzene rings is 1. The summed E-state index contributed by atoms with van der Waals surface area (Å²) in [5, 5.41) is 3.38. The van der Waals surface area contributed by atoms with Crippen molar-refractivity contribution in [3.63, 3.8) is 0 Å². The van der Waals surface area contributed by atoms with Crippen molar-refractivity contribution in [2.24, 2.45) is 0 Å². The van der Waals surface area contributed by atoms with E-state index in [9.17, 15) is 4.39 Å². The van der Waals surface area contributed by atoms with E-state index >= 15 is 0 Å². The number of nitrogens with one attached hydrogen (secondary N) is 1. The second-order valence-electron chi connectivity index (χ2n) is 4.60. The van der Waals surface area contributed by atoms with Crippen LogP contribution in [-0.4, -0.2) is 12.6 Å². The molecule has 1 aromatic carbocycles. The largest absolute Gasteiger partial charge is 0.315 e. The maximum absolute atomic E-state index is 13.4. The SMILES string of the molecule is CCNC(C)CC(C)c1ccc(C)c(F)c1. The Morgan fingerprint density at radius 3 is 2.56 bits per heavy atom. The van der Waals surface area contributed by atoms with Gasteiger partial charge in [0.15, 0.2) is 0 Å². The topological polar surface area (TPSA) is 12.0 Å². The van der Waals surface area contributed by atoms with Gasteiger partial charge >= 0.3 is 0 Å². The predicted molar refractivity (Wildman–Crippen MR) is 67.3 cm³/mol. The van der Waals surface area contributed by atoms with Gasteiger partial charge in [0.2, 0.25) is 0 Å². The van der Waals surface area contributed by atoms with E-state index < -0.39 is 0 Å². The second-order valence-corrected chi connectivity index (χ2v) is 4.60. The number of hydrogen-bond donors (Lipinski definition) is 1. The van der Waals surface area contributed by atoms with E-state index in [0.29, 0.717) is 12.0 Å². The van der Waals surface area contributed by atoms with Gasteiger partial charge < -0.3 is 5.32 Å². The molecule has 0 amide bonds. The van der Waals surface area contributed by atoms with Crippen LogP contribution >= 0.6 is 0 Å². The zero-order valence-corrected chi connectivity index (χ0v) is 10.7. The highest BCUT2D eigenvalue weighted by Gasteiger charge is 2.11. The molecule has 0 saturated carbocycles. The third-order valence-corrected chi connectivity index (χ3v) is 3.02. The van der Waals surface area contributed by atoms with Gasteiger partial charge in [0.1, 0.15) is 5.82 Å². The number of aryl methyl sites for hydroxylation is 1. The summed E-state index contributed by atoms with van der Waals surface area (Å²) >= 11 is 0. The van der Waals surface area contributed by atoms with E-state index in [1.165, 1.54) is 0 Å². The fourth-order valence-corrected chi connectivity index (χ4v) is 2.01. The first-order chi connectivity index (χ1) is 7.54. The molecule has 0 heterocycles. The molecular formula is C14H22FN. The summed E-state index contributed by atoms with van der Waals surface area (Å²) in [6.07, 6.45) is 1.04. The molecule has 0 radical (unpaired) electrons. The predicted octanol–water partition coefficient (Wildman–Crippen LogP) is 3.63. The highest BCUT2D eigenvalue weighted by molar-refractivity contribution is 5.25. The van der Waals surface area contributed by atoms with Crippen molar-refractivity contribution in [3.8, 4) is 0 Å². The first-order valence-electron chi connectivity index (χ1n) is 6.04. The lowest BCUT2D eigenvalue weighted by molar-refractivity contribution is 0.489. The normalized spacial score (nSPS) is 14.8. The van der Waals surface area contributed by atoms with E-state index in [1.54, 1.807) is 13.0 Å². The maximum Gasteiger partial charge on any atom is 0.126 e. The van der Waals surface area contributed by atoms with Gasteiger partial charge in [-0.25, -0.2) is 4.39 Å². The molecule has 16 heavy (non-hydrogen) atoms. The fourth-order valence-electron chi connectivity index (χ4n) is 2.01. The third kappa shape index (κ3) is 3.60. The molecule has 0 aliphatic heterocycles. The van der Waals surface area contributed by atoms with Gasteiger partial charge in [-0.1, -0.05) is 26.0 Å². The average Bonchev–Trinajstić information content (AvgIpc) is 2.22. The summed E-state index contributed by atoms with van der Waals surface area (Å²) in [6, 6.07) is 6.03. The van der Waals surface area contributed by atoms with Gasteiger partial charge in [-0.05, 0) is 49.9 Å². The first kappa shape index (κ1) is 13.2. The van der Waals surface area contributed by atoms with Gasteiger partial charge in [-0.2, -0.15) is 0 Å². The second kappa shape index (κ2) is 6.00. The molecule has 0 aliphatic carbocycles.